The maximum atomic E-state index is 13.6. The highest BCUT2D eigenvalue weighted by Gasteiger charge is 2.28. The fourth-order valence-electron chi connectivity index (χ4n) is 2.66. The van der Waals surface area contributed by atoms with Crippen LogP contribution in [0.2, 0.25) is 0 Å². The van der Waals surface area contributed by atoms with Crippen LogP contribution in [-0.2, 0) is 14.4 Å². The molecule has 0 aliphatic carbocycles. The van der Waals surface area contributed by atoms with Crippen LogP contribution in [0.5, 0.6) is 0 Å². The monoisotopic (exact) mass is 396 g/mol. The lowest BCUT2D eigenvalue weighted by Crippen LogP contribution is -2.55. The molecule has 0 unspecified atom stereocenters. The zero-order valence-electron chi connectivity index (χ0n) is 15.6. The lowest BCUT2D eigenvalue weighted by atomic mass is 10.2. The SMILES string of the molecule is CC(C)NC(=O)C(=O)N1CCN(C(=O)CNC(=O)c2ccc(F)cc2F)CC1. The smallest absolute Gasteiger partial charge is 0.312 e. The molecule has 1 saturated heterocycles. The molecule has 0 bridgehead atoms. The second kappa shape index (κ2) is 9.25. The standard InChI is InChI=1S/C18H22F2N4O4/c1-11(2)22-17(27)18(28)24-7-5-23(6-8-24)15(25)10-21-16(26)13-4-3-12(19)9-14(13)20/h3-4,9,11H,5-8,10H2,1-2H3,(H,21,26)(H,22,27). The van der Waals surface area contributed by atoms with Crippen molar-refractivity contribution >= 4 is 23.6 Å². The quantitative estimate of drug-likeness (QED) is 0.694. The number of carbonyl (C=O) groups excluding carboxylic acids is 4. The molecule has 8 nitrogen and oxygen atoms in total. The summed E-state index contributed by atoms with van der Waals surface area (Å²) in [5.74, 6) is -4.40. The maximum absolute atomic E-state index is 13.6. The summed E-state index contributed by atoms with van der Waals surface area (Å²) in [6.45, 7) is 3.92. The first-order valence-electron chi connectivity index (χ1n) is 8.80. The Balaban J connectivity index is 1.81. The molecule has 1 aliphatic rings. The van der Waals surface area contributed by atoms with Crippen molar-refractivity contribution in [2.75, 3.05) is 32.7 Å². The minimum atomic E-state index is -1.02. The van der Waals surface area contributed by atoms with E-state index in [1.165, 1.54) is 9.80 Å². The Morgan fingerprint density at radius 1 is 1.04 bits per heavy atom. The van der Waals surface area contributed by atoms with Gasteiger partial charge in [0.2, 0.25) is 5.91 Å². The average Bonchev–Trinajstić information content (AvgIpc) is 2.64. The minimum absolute atomic E-state index is 0.158. The number of benzene rings is 1. The molecule has 1 aliphatic heterocycles. The predicted molar refractivity (Wildman–Crippen MR) is 95.1 cm³/mol. The third kappa shape index (κ3) is 5.48. The molecule has 2 N–H and O–H groups in total. The molecule has 0 saturated carbocycles. The number of piperazine rings is 1. The van der Waals surface area contributed by atoms with Crippen molar-refractivity contribution in [1.82, 2.24) is 20.4 Å². The first-order valence-corrected chi connectivity index (χ1v) is 8.80. The number of carbonyl (C=O) groups is 4. The molecule has 28 heavy (non-hydrogen) atoms. The number of nitrogens with one attached hydrogen (secondary N) is 2. The number of hydrogen-bond acceptors (Lipinski definition) is 4. The average molecular weight is 396 g/mol. The molecule has 1 fully saturated rings. The van der Waals surface area contributed by atoms with Crippen LogP contribution in [0.3, 0.4) is 0 Å². The van der Waals surface area contributed by atoms with Crippen LogP contribution < -0.4 is 10.6 Å². The topological polar surface area (TPSA) is 98.8 Å². The van der Waals surface area contributed by atoms with Crippen LogP contribution in [-0.4, -0.2) is 72.2 Å². The van der Waals surface area contributed by atoms with Gasteiger partial charge in [-0.3, -0.25) is 19.2 Å². The van der Waals surface area contributed by atoms with Crippen LogP contribution >= 0.6 is 0 Å². The molecule has 0 atom stereocenters. The van der Waals surface area contributed by atoms with Gasteiger partial charge in [0.25, 0.3) is 5.91 Å². The zero-order chi connectivity index (χ0) is 20.8. The van der Waals surface area contributed by atoms with E-state index >= 15 is 0 Å². The Morgan fingerprint density at radius 3 is 2.21 bits per heavy atom. The number of nitrogens with zero attached hydrogens (tertiary/aromatic N) is 2. The van der Waals surface area contributed by atoms with Crippen LogP contribution in [0.25, 0.3) is 0 Å². The Hall–Kier alpha value is -3.04. The van der Waals surface area contributed by atoms with Crippen molar-refractivity contribution < 1.29 is 28.0 Å². The molecule has 0 radical (unpaired) electrons. The molecule has 0 spiro atoms. The highest BCUT2D eigenvalue weighted by atomic mass is 19.1. The number of rotatable bonds is 4. The number of halogens is 2. The number of amides is 4. The van der Waals surface area contributed by atoms with E-state index in [2.05, 4.69) is 10.6 Å². The van der Waals surface area contributed by atoms with Crippen molar-refractivity contribution in [3.63, 3.8) is 0 Å². The lowest BCUT2D eigenvalue weighted by Gasteiger charge is -2.34. The van der Waals surface area contributed by atoms with E-state index in [1.54, 1.807) is 13.8 Å². The van der Waals surface area contributed by atoms with Crippen molar-refractivity contribution in [2.45, 2.75) is 19.9 Å². The van der Waals surface area contributed by atoms with Gasteiger partial charge < -0.3 is 20.4 Å². The van der Waals surface area contributed by atoms with E-state index in [9.17, 15) is 28.0 Å². The fourth-order valence-corrected chi connectivity index (χ4v) is 2.66. The van der Waals surface area contributed by atoms with Crippen molar-refractivity contribution in [2.24, 2.45) is 0 Å². The molecular weight excluding hydrogens is 374 g/mol. The Morgan fingerprint density at radius 2 is 1.64 bits per heavy atom. The predicted octanol–water partition coefficient (Wildman–Crippen LogP) is -0.110. The third-order valence-electron chi connectivity index (χ3n) is 4.11. The van der Waals surface area contributed by atoms with E-state index in [-0.39, 0.29) is 44.3 Å². The van der Waals surface area contributed by atoms with Gasteiger partial charge in [-0.1, -0.05) is 0 Å². The van der Waals surface area contributed by atoms with Crippen LogP contribution in [0, 0.1) is 11.6 Å². The summed E-state index contributed by atoms with van der Waals surface area (Å²) in [6.07, 6.45) is 0. The summed E-state index contributed by atoms with van der Waals surface area (Å²) < 4.78 is 26.5. The second-order valence-corrected chi connectivity index (χ2v) is 6.61. The van der Waals surface area contributed by atoms with Crippen molar-refractivity contribution in [3.05, 3.63) is 35.4 Å². The van der Waals surface area contributed by atoms with E-state index in [0.717, 1.165) is 12.1 Å². The summed E-state index contributed by atoms with van der Waals surface area (Å²) in [4.78, 5) is 50.7. The molecule has 10 heteroatoms. The van der Waals surface area contributed by atoms with Crippen molar-refractivity contribution in [3.8, 4) is 0 Å². The summed E-state index contributed by atoms with van der Waals surface area (Å²) in [5.41, 5.74) is -0.360. The van der Waals surface area contributed by atoms with Crippen LogP contribution in [0.15, 0.2) is 18.2 Å². The normalized spacial score (nSPS) is 14.0. The number of hydrogen-bond donors (Lipinski definition) is 2. The van der Waals surface area contributed by atoms with Gasteiger partial charge in [0.1, 0.15) is 11.6 Å². The molecule has 2 rings (SSSR count). The first-order chi connectivity index (χ1) is 13.2. The Bertz CT molecular complexity index is 777. The summed E-state index contributed by atoms with van der Waals surface area (Å²) >= 11 is 0. The van der Waals surface area contributed by atoms with Gasteiger partial charge in [-0.2, -0.15) is 0 Å². The molecule has 1 aromatic carbocycles. The Kier molecular flexibility index (Phi) is 7.02. The third-order valence-corrected chi connectivity index (χ3v) is 4.11. The van der Waals surface area contributed by atoms with E-state index in [0.29, 0.717) is 6.07 Å². The highest BCUT2D eigenvalue weighted by Crippen LogP contribution is 2.09. The molecule has 152 valence electrons. The summed E-state index contributed by atoms with van der Waals surface area (Å²) in [7, 11) is 0. The van der Waals surface area contributed by atoms with Crippen LogP contribution in [0.4, 0.5) is 8.78 Å². The summed E-state index contributed by atoms with van der Waals surface area (Å²) in [5, 5.41) is 4.81. The summed E-state index contributed by atoms with van der Waals surface area (Å²) in [6, 6.07) is 2.37. The van der Waals surface area contributed by atoms with Crippen LogP contribution in [0.1, 0.15) is 24.2 Å². The Labute approximate surface area is 160 Å². The molecule has 0 aromatic heterocycles. The first kappa shape index (κ1) is 21.3. The molecule has 1 heterocycles. The molecule has 4 amide bonds. The van der Waals surface area contributed by atoms with E-state index < -0.39 is 35.3 Å². The van der Waals surface area contributed by atoms with Gasteiger partial charge in [0, 0.05) is 38.3 Å². The molecular formula is C18H22F2N4O4. The van der Waals surface area contributed by atoms with E-state index in [1.807, 2.05) is 0 Å². The van der Waals surface area contributed by atoms with Gasteiger partial charge in [0.15, 0.2) is 0 Å². The van der Waals surface area contributed by atoms with Gasteiger partial charge in [-0.25, -0.2) is 8.78 Å². The lowest BCUT2D eigenvalue weighted by molar-refractivity contribution is -0.148. The van der Waals surface area contributed by atoms with Gasteiger partial charge in [-0.15, -0.1) is 0 Å². The van der Waals surface area contributed by atoms with E-state index in [4.69, 9.17) is 0 Å². The molecule has 1 aromatic rings. The van der Waals surface area contributed by atoms with Crippen molar-refractivity contribution in [1.29, 1.82) is 0 Å². The second-order valence-electron chi connectivity index (χ2n) is 6.61. The van der Waals surface area contributed by atoms with Gasteiger partial charge in [0.05, 0.1) is 12.1 Å². The maximum Gasteiger partial charge on any atom is 0.312 e. The zero-order valence-corrected chi connectivity index (χ0v) is 15.6. The van der Waals surface area contributed by atoms with Gasteiger partial charge in [-0.05, 0) is 26.0 Å². The highest BCUT2D eigenvalue weighted by molar-refractivity contribution is 6.35. The fraction of sp³-hybridized carbons (Fsp3) is 0.444. The minimum Gasteiger partial charge on any atom is -0.346 e. The van der Waals surface area contributed by atoms with Gasteiger partial charge >= 0.3 is 11.8 Å². The largest absolute Gasteiger partial charge is 0.346 e.